The number of carbonyl (C=O) groups excluding carboxylic acids is 1. The molecule has 3 N–H and O–H groups in total. The van der Waals surface area contributed by atoms with Crippen molar-refractivity contribution in [1.29, 1.82) is 0 Å². The number of carbonyl (C=O) groups is 1. The molecule has 0 spiro atoms. The molecule has 0 aliphatic carbocycles. The van der Waals surface area contributed by atoms with Crippen LogP contribution in [0.4, 0.5) is 0 Å². The third-order valence-electron chi connectivity index (χ3n) is 3.21. The lowest BCUT2D eigenvalue weighted by Gasteiger charge is -2.17. The zero-order valence-electron chi connectivity index (χ0n) is 13.6. The predicted molar refractivity (Wildman–Crippen MR) is 88.0 cm³/mol. The van der Waals surface area contributed by atoms with Gasteiger partial charge >= 0.3 is 0 Å². The second-order valence-electron chi connectivity index (χ2n) is 5.02. The van der Waals surface area contributed by atoms with Gasteiger partial charge in [-0.25, -0.2) is 0 Å². The van der Waals surface area contributed by atoms with Crippen molar-refractivity contribution in [3.8, 4) is 17.2 Å². The summed E-state index contributed by atoms with van der Waals surface area (Å²) in [4.78, 5) is 11.9. The molecule has 0 bridgehead atoms. The molecule has 7 heteroatoms. The van der Waals surface area contributed by atoms with Crippen molar-refractivity contribution in [3.05, 3.63) is 17.7 Å². The molecule has 22 heavy (non-hydrogen) atoms. The first-order chi connectivity index (χ1) is 9.94. The summed E-state index contributed by atoms with van der Waals surface area (Å²) in [6, 6.07) is 3.07. The largest absolute Gasteiger partial charge is 0.493 e. The van der Waals surface area contributed by atoms with E-state index in [2.05, 4.69) is 5.32 Å². The highest BCUT2D eigenvalue weighted by atomic mass is 35.5. The van der Waals surface area contributed by atoms with Crippen molar-refractivity contribution in [2.75, 3.05) is 21.3 Å². The van der Waals surface area contributed by atoms with Crippen LogP contribution < -0.4 is 25.3 Å². The summed E-state index contributed by atoms with van der Waals surface area (Å²) in [7, 11) is 4.64. The number of nitrogens with two attached hydrogens (primary N) is 1. The van der Waals surface area contributed by atoms with Crippen LogP contribution in [-0.4, -0.2) is 33.3 Å². The van der Waals surface area contributed by atoms with Gasteiger partial charge in [0.25, 0.3) is 0 Å². The van der Waals surface area contributed by atoms with Crippen LogP contribution in [0.5, 0.6) is 17.2 Å². The van der Waals surface area contributed by atoms with Crippen LogP contribution >= 0.6 is 12.4 Å². The second kappa shape index (κ2) is 9.38. The predicted octanol–water partition coefficient (Wildman–Crippen LogP) is 1.73. The quantitative estimate of drug-likeness (QED) is 0.794. The van der Waals surface area contributed by atoms with Gasteiger partial charge in [0.15, 0.2) is 11.5 Å². The number of halogens is 1. The Morgan fingerprint density at radius 1 is 1.14 bits per heavy atom. The molecule has 1 aromatic rings. The van der Waals surface area contributed by atoms with Crippen molar-refractivity contribution in [3.63, 3.8) is 0 Å². The third kappa shape index (κ3) is 4.96. The lowest BCUT2D eigenvalue weighted by atomic mass is 10.0. The monoisotopic (exact) mass is 332 g/mol. The zero-order chi connectivity index (χ0) is 16.0. The Balaban J connectivity index is 0.00000441. The highest BCUT2D eigenvalue weighted by molar-refractivity contribution is 5.85. The first kappa shape index (κ1) is 20.3. The van der Waals surface area contributed by atoms with Crippen LogP contribution in [0.2, 0.25) is 0 Å². The molecule has 0 heterocycles. The average Bonchev–Trinajstić information content (AvgIpc) is 2.50. The maximum absolute atomic E-state index is 11.9. The van der Waals surface area contributed by atoms with Crippen LogP contribution in [0.3, 0.4) is 0 Å². The van der Waals surface area contributed by atoms with E-state index in [9.17, 15) is 4.79 Å². The topological polar surface area (TPSA) is 82.8 Å². The number of amides is 1. The van der Waals surface area contributed by atoms with Gasteiger partial charge in [0.1, 0.15) is 0 Å². The summed E-state index contributed by atoms with van der Waals surface area (Å²) in [5.41, 5.74) is 6.64. The lowest BCUT2D eigenvalue weighted by Crippen LogP contribution is -2.43. The van der Waals surface area contributed by atoms with Gasteiger partial charge in [0.2, 0.25) is 11.7 Å². The fourth-order valence-electron chi connectivity index (χ4n) is 1.85. The minimum absolute atomic E-state index is 0. The molecule has 0 aliphatic rings. The number of benzene rings is 1. The number of methoxy groups -OCH3 is 3. The van der Waals surface area contributed by atoms with Crippen LogP contribution in [0.15, 0.2) is 12.1 Å². The molecule has 126 valence electrons. The van der Waals surface area contributed by atoms with E-state index < -0.39 is 6.04 Å². The Morgan fingerprint density at radius 3 is 2.00 bits per heavy atom. The number of hydrogen-bond donors (Lipinski definition) is 2. The van der Waals surface area contributed by atoms with Gasteiger partial charge in [-0.2, -0.15) is 0 Å². The lowest BCUT2D eigenvalue weighted by molar-refractivity contribution is -0.123. The van der Waals surface area contributed by atoms with Crippen molar-refractivity contribution in [1.82, 2.24) is 5.32 Å². The molecule has 0 aliphatic heterocycles. The zero-order valence-corrected chi connectivity index (χ0v) is 14.5. The van der Waals surface area contributed by atoms with Crippen molar-refractivity contribution in [2.45, 2.75) is 26.4 Å². The van der Waals surface area contributed by atoms with Crippen LogP contribution in [-0.2, 0) is 11.3 Å². The Hall–Kier alpha value is -1.66. The van der Waals surface area contributed by atoms with Crippen molar-refractivity contribution in [2.24, 2.45) is 11.7 Å². The molecular formula is C15H25ClN2O4. The Kier molecular flexibility index (Phi) is 8.67. The molecule has 1 amide bonds. The molecule has 1 atom stereocenters. The van der Waals surface area contributed by atoms with Crippen molar-refractivity contribution < 1.29 is 19.0 Å². The van der Waals surface area contributed by atoms with E-state index in [0.717, 1.165) is 5.56 Å². The molecule has 1 rings (SSSR count). The van der Waals surface area contributed by atoms with E-state index in [-0.39, 0.29) is 24.2 Å². The van der Waals surface area contributed by atoms with E-state index in [1.165, 1.54) is 0 Å². The van der Waals surface area contributed by atoms with Crippen LogP contribution in [0.1, 0.15) is 19.4 Å². The molecule has 0 saturated carbocycles. The van der Waals surface area contributed by atoms with Gasteiger partial charge in [-0.15, -0.1) is 12.4 Å². The van der Waals surface area contributed by atoms with Gasteiger partial charge in [-0.3, -0.25) is 4.79 Å². The third-order valence-corrected chi connectivity index (χ3v) is 3.21. The molecular weight excluding hydrogens is 308 g/mol. The number of ether oxygens (including phenoxy) is 3. The molecule has 0 saturated heterocycles. The van der Waals surface area contributed by atoms with E-state index in [1.54, 1.807) is 33.5 Å². The first-order valence-electron chi connectivity index (χ1n) is 6.76. The van der Waals surface area contributed by atoms with Crippen LogP contribution in [0, 0.1) is 5.92 Å². The fourth-order valence-corrected chi connectivity index (χ4v) is 1.85. The van der Waals surface area contributed by atoms with E-state index in [4.69, 9.17) is 19.9 Å². The Bertz CT molecular complexity index is 469. The number of nitrogens with one attached hydrogen (secondary N) is 1. The fraction of sp³-hybridized carbons (Fsp3) is 0.533. The number of hydrogen-bond acceptors (Lipinski definition) is 5. The van der Waals surface area contributed by atoms with Gasteiger partial charge in [-0.05, 0) is 23.6 Å². The summed E-state index contributed by atoms with van der Waals surface area (Å²) < 4.78 is 15.8. The summed E-state index contributed by atoms with van der Waals surface area (Å²) in [5, 5.41) is 2.80. The maximum Gasteiger partial charge on any atom is 0.237 e. The normalized spacial score (nSPS) is 11.4. The molecule has 0 aromatic heterocycles. The van der Waals surface area contributed by atoms with Gasteiger partial charge < -0.3 is 25.3 Å². The Labute approximate surface area is 137 Å². The van der Waals surface area contributed by atoms with Crippen LogP contribution in [0.25, 0.3) is 0 Å². The highest BCUT2D eigenvalue weighted by Gasteiger charge is 2.18. The number of rotatable bonds is 7. The molecule has 1 unspecified atom stereocenters. The summed E-state index contributed by atoms with van der Waals surface area (Å²) >= 11 is 0. The first-order valence-corrected chi connectivity index (χ1v) is 6.76. The maximum atomic E-state index is 11.9. The average molecular weight is 333 g/mol. The summed E-state index contributed by atoms with van der Waals surface area (Å²) in [5.74, 6) is 1.53. The molecule has 0 radical (unpaired) electrons. The van der Waals surface area contributed by atoms with E-state index in [0.29, 0.717) is 23.8 Å². The standard InChI is InChI=1S/C15H24N2O4.ClH/c1-9(2)13(16)15(18)17-8-10-6-11(19-3)14(21-5)12(7-10)20-4;/h6-7,9,13H,8,16H2,1-5H3,(H,17,18);1H. The van der Waals surface area contributed by atoms with Crippen molar-refractivity contribution >= 4 is 18.3 Å². The summed E-state index contributed by atoms with van der Waals surface area (Å²) in [6.07, 6.45) is 0. The molecule has 1 aromatic carbocycles. The highest BCUT2D eigenvalue weighted by Crippen LogP contribution is 2.38. The SMILES string of the molecule is COc1cc(CNC(=O)C(N)C(C)C)cc(OC)c1OC.Cl. The molecule has 6 nitrogen and oxygen atoms in total. The minimum Gasteiger partial charge on any atom is -0.493 e. The molecule has 0 fully saturated rings. The smallest absolute Gasteiger partial charge is 0.237 e. The van der Waals surface area contributed by atoms with Gasteiger partial charge in [0, 0.05) is 6.54 Å². The minimum atomic E-state index is -0.521. The summed E-state index contributed by atoms with van der Waals surface area (Å²) in [6.45, 7) is 4.16. The second-order valence-corrected chi connectivity index (χ2v) is 5.02. The van der Waals surface area contributed by atoms with E-state index >= 15 is 0 Å². The van der Waals surface area contributed by atoms with Gasteiger partial charge in [-0.1, -0.05) is 13.8 Å². The Morgan fingerprint density at radius 2 is 1.64 bits per heavy atom. The van der Waals surface area contributed by atoms with E-state index in [1.807, 2.05) is 13.8 Å². The van der Waals surface area contributed by atoms with Gasteiger partial charge in [0.05, 0.1) is 27.4 Å².